The Balaban J connectivity index is 1.43. The molecular formula is C27H25NO5. The third-order valence-electron chi connectivity index (χ3n) is 6.33. The number of hydrogen-bond acceptors (Lipinski definition) is 5. The van der Waals surface area contributed by atoms with Crippen LogP contribution in [0.15, 0.2) is 66.7 Å². The van der Waals surface area contributed by atoms with Crippen molar-refractivity contribution in [2.75, 3.05) is 11.7 Å². The first-order valence-corrected chi connectivity index (χ1v) is 11.0. The van der Waals surface area contributed by atoms with Crippen LogP contribution in [-0.2, 0) is 16.9 Å². The van der Waals surface area contributed by atoms with E-state index in [4.69, 9.17) is 9.47 Å². The van der Waals surface area contributed by atoms with Gasteiger partial charge in [0, 0.05) is 11.1 Å². The van der Waals surface area contributed by atoms with Crippen LogP contribution in [0.4, 0.5) is 5.69 Å². The number of aliphatic hydroxyl groups is 1. The fourth-order valence-electron chi connectivity index (χ4n) is 4.44. The van der Waals surface area contributed by atoms with E-state index < -0.39 is 11.5 Å². The van der Waals surface area contributed by atoms with E-state index in [0.717, 1.165) is 11.1 Å². The largest absolute Gasteiger partial charge is 0.454 e. The number of ether oxygens (including phenoxy) is 2. The molecule has 3 aromatic rings. The monoisotopic (exact) mass is 443 g/mol. The molecule has 0 aliphatic carbocycles. The van der Waals surface area contributed by atoms with Crippen molar-refractivity contribution in [3.63, 3.8) is 0 Å². The third-order valence-corrected chi connectivity index (χ3v) is 6.33. The lowest BCUT2D eigenvalue weighted by Gasteiger charge is -2.23. The molecule has 1 N–H and O–H groups in total. The van der Waals surface area contributed by atoms with E-state index in [-0.39, 0.29) is 25.5 Å². The number of Topliss-reactive ketones (excluding diaryl/α,β-unsaturated/α-hetero) is 1. The average molecular weight is 443 g/mol. The average Bonchev–Trinajstić information content (AvgIpc) is 3.36. The SMILES string of the molecule is CC(C)c1ccc(C(=O)CC2(O)C(=O)N(Cc3ccc4c(c3)OCO4)c3ccccc32)cc1. The summed E-state index contributed by atoms with van der Waals surface area (Å²) in [4.78, 5) is 28.1. The fraction of sp³-hybridized carbons (Fsp3) is 0.259. The van der Waals surface area contributed by atoms with Crippen LogP contribution in [0.5, 0.6) is 11.5 Å². The molecule has 6 heteroatoms. The normalized spacial score (nSPS) is 18.7. The van der Waals surface area contributed by atoms with Crippen LogP contribution in [0.2, 0.25) is 0 Å². The summed E-state index contributed by atoms with van der Waals surface area (Å²) in [6, 6.07) is 19.9. The van der Waals surface area contributed by atoms with E-state index in [1.807, 2.05) is 30.3 Å². The predicted octanol–water partition coefficient (Wildman–Crippen LogP) is 4.55. The Morgan fingerprint density at radius 2 is 1.76 bits per heavy atom. The summed E-state index contributed by atoms with van der Waals surface area (Å²) in [5.74, 6) is 0.862. The number of anilines is 1. The molecule has 1 amide bonds. The van der Waals surface area contributed by atoms with Crippen LogP contribution in [0.25, 0.3) is 0 Å². The van der Waals surface area contributed by atoms with Crippen molar-refractivity contribution in [3.8, 4) is 11.5 Å². The van der Waals surface area contributed by atoms with Crippen molar-refractivity contribution < 1.29 is 24.2 Å². The molecule has 5 rings (SSSR count). The lowest BCUT2D eigenvalue weighted by atomic mass is 9.87. The number of carbonyl (C=O) groups excluding carboxylic acids is 2. The van der Waals surface area contributed by atoms with Gasteiger partial charge in [-0.25, -0.2) is 0 Å². The van der Waals surface area contributed by atoms with Gasteiger partial charge in [0.1, 0.15) is 0 Å². The van der Waals surface area contributed by atoms with Crippen LogP contribution in [-0.4, -0.2) is 23.6 Å². The smallest absolute Gasteiger partial charge is 0.264 e. The zero-order valence-electron chi connectivity index (χ0n) is 18.6. The molecule has 0 fully saturated rings. The van der Waals surface area contributed by atoms with E-state index in [1.165, 1.54) is 4.90 Å². The van der Waals surface area contributed by atoms with Gasteiger partial charge in [-0.05, 0) is 35.2 Å². The zero-order valence-corrected chi connectivity index (χ0v) is 18.6. The molecule has 0 spiro atoms. The van der Waals surface area contributed by atoms with Crippen molar-refractivity contribution in [2.24, 2.45) is 0 Å². The molecule has 6 nitrogen and oxygen atoms in total. The number of para-hydroxylation sites is 1. The highest BCUT2D eigenvalue weighted by atomic mass is 16.7. The predicted molar refractivity (Wildman–Crippen MR) is 124 cm³/mol. The Kier molecular flexibility index (Phi) is 5.17. The molecule has 1 unspecified atom stereocenters. The van der Waals surface area contributed by atoms with Gasteiger partial charge >= 0.3 is 0 Å². The minimum absolute atomic E-state index is 0.171. The van der Waals surface area contributed by atoms with Gasteiger partial charge in [-0.15, -0.1) is 0 Å². The molecule has 168 valence electrons. The molecule has 0 saturated carbocycles. The van der Waals surface area contributed by atoms with Gasteiger partial charge in [0.15, 0.2) is 22.9 Å². The molecule has 2 aliphatic heterocycles. The van der Waals surface area contributed by atoms with Crippen LogP contribution in [0, 0.1) is 0 Å². The summed E-state index contributed by atoms with van der Waals surface area (Å²) in [5, 5.41) is 11.5. The summed E-state index contributed by atoms with van der Waals surface area (Å²) in [5.41, 5.74) is 1.58. The molecular weight excluding hydrogens is 418 g/mol. The Morgan fingerprint density at radius 3 is 2.52 bits per heavy atom. The Labute approximate surface area is 192 Å². The Hall–Kier alpha value is -3.64. The molecule has 0 bridgehead atoms. The highest BCUT2D eigenvalue weighted by molar-refractivity contribution is 6.10. The first-order chi connectivity index (χ1) is 15.9. The van der Waals surface area contributed by atoms with Crippen LogP contribution >= 0.6 is 0 Å². The highest BCUT2D eigenvalue weighted by Crippen LogP contribution is 2.44. The quantitative estimate of drug-likeness (QED) is 0.566. The van der Waals surface area contributed by atoms with E-state index in [0.29, 0.717) is 34.2 Å². The van der Waals surface area contributed by atoms with Gasteiger partial charge < -0.3 is 19.5 Å². The summed E-state index contributed by atoms with van der Waals surface area (Å²) >= 11 is 0. The van der Waals surface area contributed by atoms with Crippen molar-refractivity contribution in [2.45, 2.75) is 38.3 Å². The first-order valence-electron chi connectivity index (χ1n) is 11.0. The molecule has 0 aromatic heterocycles. The van der Waals surface area contributed by atoms with E-state index in [2.05, 4.69) is 13.8 Å². The van der Waals surface area contributed by atoms with Gasteiger partial charge in [-0.3, -0.25) is 9.59 Å². The third kappa shape index (κ3) is 3.66. The summed E-state index contributed by atoms with van der Waals surface area (Å²) in [6.45, 7) is 4.58. The number of rotatable bonds is 6. The second kappa shape index (κ2) is 8.05. The number of nitrogens with zero attached hydrogens (tertiary/aromatic N) is 1. The number of amides is 1. The molecule has 2 aliphatic rings. The van der Waals surface area contributed by atoms with Gasteiger partial charge in [0.05, 0.1) is 18.7 Å². The van der Waals surface area contributed by atoms with Crippen molar-refractivity contribution in [3.05, 3.63) is 89.0 Å². The Bertz CT molecular complexity index is 1230. The summed E-state index contributed by atoms with van der Waals surface area (Å²) in [6.07, 6.45) is -0.318. The number of hydrogen-bond donors (Lipinski definition) is 1. The molecule has 3 aromatic carbocycles. The van der Waals surface area contributed by atoms with Crippen molar-refractivity contribution >= 4 is 17.4 Å². The standard InChI is InChI=1S/C27H25NO5/c1-17(2)19-8-10-20(11-9-19)23(29)14-27(31)21-5-3-4-6-22(21)28(26(27)30)15-18-7-12-24-25(13-18)33-16-32-24/h3-13,17,31H,14-16H2,1-2H3. The summed E-state index contributed by atoms with van der Waals surface area (Å²) < 4.78 is 10.8. The minimum Gasteiger partial charge on any atom is -0.454 e. The van der Waals surface area contributed by atoms with E-state index in [1.54, 1.807) is 36.4 Å². The molecule has 0 saturated heterocycles. The molecule has 0 radical (unpaired) electrons. The maximum Gasteiger partial charge on any atom is 0.264 e. The summed E-state index contributed by atoms with van der Waals surface area (Å²) in [7, 11) is 0. The lowest BCUT2D eigenvalue weighted by molar-refractivity contribution is -0.136. The van der Waals surface area contributed by atoms with Gasteiger partial charge in [0.2, 0.25) is 6.79 Å². The highest BCUT2D eigenvalue weighted by Gasteiger charge is 2.50. The number of fused-ring (bicyclic) bond motifs is 2. The first kappa shape index (κ1) is 21.2. The molecule has 1 atom stereocenters. The topological polar surface area (TPSA) is 76.1 Å². The number of carbonyl (C=O) groups is 2. The Morgan fingerprint density at radius 1 is 1.03 bits per heavy atom. The van der Waals surface area contributed by atoms with Gasteiger partial charge in [-0.1, -0.05) is 62.4 Å². The number of benzene rings is 3. The van der Waals surface area contributed by atoms with E-state index >= 15 is 0 Å². The van der Waals surface area contributed by atoms with Crippen molar-refractivity contribution in [1.82, 2.24) is 0 Å². The lowest BCUT2D eigenvalue weighted by Crippen LogP contribution is -2.41. The van der Waals surface area contributed by atoms with Crippen LogP contribution < -0.4 is 14.4 Å². The second-order valence-corrected chi connectivity index (χ2v) is 8.83. The maximum atomic E-state index is 13.5. The second-order valence-electron chi connectivity index (χ2n) is 8.83. The molecule has 33 heavy (non-hydrogen) atoms. The fourth-order valence-corrected chi connectivity index (χ4v) is 4.44. The van der Waals surface area contributed by atoms with Crippen LogP contribution in [0.3, 0.4) is 0 Å². The molecule has 2 heterocycles. The van der Waals surface area contributed by atoms with Crippen LogP contribution in [0.1, 0.15) is 53.2 Å². The van der Waals surface area contributed by atoms with Crippen molar-refractivity contribution in [1.29, 1.82) is 0 Å². The van der Waals surface area contributed by atoms with Gasteiger partial charge in [-0.2, -0.15) is 0 Å². The number of ketones is 1. The maximum absolute atomic E-state index is 13.5. The van der Waals surface area contributed by atoms with E-state index in [9.17, 15) is 14.7 Å². The zero-order chi connectivity index (χ0) is 23.2. The minimum atomic E-state index is -1.92. The van der Waals surface area contributed by atoms with Gasteiger partial charge in [0.25, 0.3) is 5.91 Å².